The van der Waals surface area contributed by atoms with Crippen molar-refractivity contribution in [3.63, 3.8) is 0 Å². The molecule has 54 valence electrons. The lowest BCUT2D eigenvalue weighted by Crippen LogP contribution is -2.13. The summed E-state index contributed by atoms with van der Waals surface area (Å²) in [5.41, 5.74) is 5.19. The molecule has 1 heterocycles. The van der Waals surface area contributed by atoms with Crippen molar-refractivity contribution in [2.75, 3.05) is 0 Å². The molecule has 0 radical (unpaired) electrons. The van der Waals surface area contributed by atoms with E-state index in [4.69, 9.17) is 10.8 Å². The predicted octanol–water partition coefficient (Wildman–Crippen LogP) is -0.132. The van der Waals surface area contributed by atoms with E-state index in [-0.39, 0.29) is 6.54 Å². The van der Waals surface area contributed by atoms with Gasteiger partial charge in [-0.1, -0.05) is 0 Å². The largest absolute Gasteiger partial charge is 0.464 e. The van der Waals surface area contributed by atoms with Crippen LogP contribution in [-0.4, -0.2) is 20.8 Å². The van der Waals surface area contributed by atoms with Gasteiger partial charge in [0, 0.05) is 12.4 Å². The summed E-state index contributed by atoms with van der Waals surface area (Å²) in [6.45, 7) is 0.138. The fourth-order valence-electron chi connectivity index (χ4n) is 0.659. The molecule has 5 heteroatoms. The Hall–Kier alpha value is -1.36. The van der Waals surface area contributed by atoms with Gasteiger partial charge in [0.1, 0.15) is 5.82 Å². The van der Waals surface area contributed by atoms with Crippen LogP contribution in [0.3, 0.4) is 0 Å². The third kappa shape index (κ3) is 0.985. The smallest absolute Gasteiger partial charge is 0.417 e. The molecule has 3 N–H and O–H groups in total. The van der Waals surface area contributed by atoms with E-state index in [9.17, 15) is 4.79 Å². The predicted molar refractivity (Wildman–Crippen MR) is 33.5 cm³/mol. The summed E-state index contributed by atoms with van der Waals surface area (Å²) in [5, 5.41) is 8.45. The van der Waals surface area contributed by atoms with Crippen molar-refractivity contribution in [3.05, 3.63) is 18.2 Å². The number of carboxylic acid groups (broad SMARTS) is 1. The monoisotopic (exact) mass is 141 g/mol. The number of rotatable bonds is 1. The highest BCUT2D eigenvalue weighted by Gasteiger charge is 2.04. The second-order valence-corrected chi connectivity index (χ2v) is 1.70. The third-order valence-corrected chi connectivity index (χ3v) is 1.11. The number of imidazole rings is 1. The minimum absolute atomic E-state index is 0.138. The van der Waals surface area contributed by atoms with Crippen LogP contribution in [-0.2, 0) is 6.54 Å². The van der Waals surface area contributed by atoms with Crippen LogP contribution in [0.5, 0.6) is 0 Å². The average molecular weight is 141 g/mol. The molecule has 0 aliphatic rings. The molecule has 0 spiro atoms. The molecule has 0 fully saturated rings. The Kier molecular flexibility index (Phi) is 1.68. The van der Waals surface area contributed by atoms with E-state index in [1.165, 1.54) is 12.4 Å². The average Bonchev–Trinajstić information content (AvgIpc) is 2.33. The normalized spacial score (nSPS) is 9.70. The minimum atomic E-state index is -1.06. The van der Waals surface area contributed by atoms with Crippen molar-refractivity contribution in [2.45, 2.75) is 6.54 Å². The molecule has 1 aromatic heterocycles. The van der Waals surface area contributed by atoms with Gasteiger partial charge in [0.15, 0.2) is 0 Å². The number of nitrogens with zero attached hydrogens (tertiary/aromatic N) is 2. The van der Waals surface area contributed by atoms with Crippen molar-refractivity contribution in [1.82, 2.24) is 9.55 Å². The summed E-state index contributed by atoms with van der Waals surface area (Å²) in [4.78, 5) is 14.0. The number of aromatic nitrogens is 2. The first kappa shape index (κ1) is 6.76. The van der Waals surface area contributed by atoms with Gasteiger partial charge in [-0.3, -0.25) is 0 Å². The van der Waals surface area contributed by atoms with E-state index >= 15 is 0 Å². The molecular weight excluding hydrogens is 134 g/mol. The Bertz CT molecular complexity index is 243. The van der Waals surface area contributed by atoms with Crippen molar-refractivity contribution >= 4 is 6.09 Å². The van der Waals surface area contributed by atoms with E-state index in [0.29, 0.717) is 5.82 Å². The highest BCUT2D eigenvalue weighted by molar-refractivity contribution is 5.68. The van der Waals surface area contributed by atoms with Gasteiger partial charge in [-0.15, -0.1) is 0 Å². The summed E-state index contributed by atoms with van der Waals surface area (Å²) in [6, 6.07) is 0. The maximum Gasteiger partial charge on any atom is 0.417 e. The van der Waals surface area contributed by atoms with Crippen LogP contribution >= 0.6 is 0 Å². The van der Waals surface area contributed by atoms with Crippen LogP contribution in [0.4, 0.5) is 4.79 Å². The summed E-state index contributed by atoms with van der Waals surface area (Å²) < 4.78 is 0.986. The first-order valence-electron chi connectivity index (χ1n) is 2.71. The Morgan fingerprint density at radius 3 is 3.00 bits per heavy atom. The lowest BCUT2D eigenvalue weighted by atomic mass is 10.6. The SMILES string of the molecule is NCc1nccn1C(=O)O. The molecule has 0 unspecified atom stereocenters. The molecule has 1 aromatic rings. The van der Waals surface area contributed by atoms with Crippen LogP contribution in [0.15, 0.2) is 12.4 Å². The standard InChI is InChI=1S/C5H7N3O2/c6-3-4-7-1-2-8(4)5(9)10/h1-2H,3,6H2,(H,9,10). The molecule has 0 atom stereocenters. The van der Waals surface area contributed by atoms with Gasteiger partial charge in [0.2, 0.25) is 0 Å². The molecule has 0 bridgehead atoms. The van der Waals surface area contributed by atoms with Gasteiger partial charge in [0.25, 0.3) is 0 Å². The van der Waals surface area contributed by atoms with Crippen molar-refractivity contribution in [1.29, 1.82) is 0 Å². The zero-order valence-electron chi connectivity index (χ0n) is 5.19. The molecule has 0 amide bonds. The summed E-state index contributed by atoms with van der Waals surface area (Å²) in [6.07, 6.45) is 1.69. The fourth-order valence-corrected chi connectivity index (χ4v) is 0.659. The molecule has 1 rings (SSSR count). The second kappa shape index (κ2) is 2.49. The lowest BCUT2D eigenvalue weighted by molar-refractivity contribution is 0.195. The van der Waals surface area contributed by atoms with Crippen LogP contribution in [0.25, 0.3) is 0 Å². The van der Waals surface area contributed by atoms with Crippen LogP contribution < -0.4 is 5.73 Å². The van der Waals surface area contributed by atoms with Gasteiger partial charge in [-0.05, 0) is 0 Å². The highest BCUT2D eigenvalue weighted by atomic mass is 16.4. The van der Waals surface area contributed by atoms with Crippen LogP contribution in [0.1, 0.15) is 5.82 Å². The molecule has 0 aromatic carbocycles. The second-order valence-electron chi connectivity index (χ2n) is 1.70. The molecule has 0 saturated carbocycles. The van der Waals surface area contributed by atoms with Crippen LogP contribution in [0, 0.1) is 0 Å². The fraction of sp³-hybridized carbons (Fsp3) is 0.200. The number of hydrogen-bond acceptors (Lipinski definition) is 3. The third-order valence-electron chi connectivity index (χ3n) is 1.11. The lowest BCUT2D eigenvalue weighted by Gasteiger charge is -1.96. The van der Waals surface area contributed by atoms with E-state index in [2.05, 4.69) is 4.98 Å². The van der Waals surface area contributed by atoms with Gasteiger partial charge in [0.05, 0.1) is 6.54 Å². The maximum atomic E-state index is 10.3. The van der Waals surface area contributed by atoms with E-state index in [1.807, 2.05) is 0 Å². The van der Waals surface area contributed by atoms with Gasteiger partial charge in [-0.2, -0.15) is 0 Å². The van der Waals surface area contributed by atoms with E-state index in [1.54, 1.807) is 0 Å². The molecule has 0 aliphatic heterocycles. The zero-order chi connectivity index (χ0) is 7.56. The zero-order valence-corrected chi connectivity index (χ0v) is 5.19. The highest BCUT2D eigenvalue weighted by Crippen LogP contribution is 1.94. The molecule has 5 nitrogen and oxygen atoms in total. The quantitative estimate of drug-likeness (QED) is 0.570. The van der Waals surface area contributed by atoms with Crippen molar-refractivity contribution < 1.29 is 9.90 Å². The Morgan fingerprint density at radius 2 is 2.60 bits per heavy atom. The number of hydrogen-bond donors (Lipinski definition) is 2. The first-order valence-corrected chi connectivity index (χ1v) is 2.71. The van der Waals surface area contributed by atoms with Crippen LogP contribution in [0.2, 0.25) is 0 Å². The van der Waals surface area contributed by atoms with Gasteiger partial charge >= 0.3 is 6.09 Å². The number of carbonyl (C=O) groups is 1. The Morgan fingerprint density at radius 1 is 1.90 bits per heavy atom. The molecule has 0 saturated heterocycles. The molecule has 10 heavy (non-hydrogen) atoms. The maximum absolute atomic E-state index is 10.3. The van der Waals surface area contributed by atoms with E-state index < -0.39 is 6.09 Å². The Labute approximate surface area is 57.1 Å². The molecular formula is C5H7N3O2. The van der Waals surface area contributed by atoms with Gasteiger partial charge in [-0.25, -0.2) is 14.3 Å². The topological polar surface area (TPSA) is 81.1 Å². The molecule has 0 aliphatic carbocycles. The van der Waals surface area contributed by atoms with Crippen molar-refractivity contribution in [2.24, 2.45) is 5.73 Å². The van der Waals surface area contributed by atoms with E-state index in [0.717, 1.165) is 4.57 Å². The number of nitrogens with two attached hydrogens (primary N) is 1. The Balaban J connectivity index is 3.01. The first-order chi connectivity index (χ1) is 4.75. The van der Waals surface area contributed by atoms with Crippen molar-refractivity contribution in [3.8, 4) is 0 Å². The minimum Gasteiger partial charge on any atom is -0.464 e. The summed E-state index contributed by atoms with van der Waals surface area (Å²) in [5.74, 6) is 0.354. The summed E-state index contributed by atoms with van der Waals surface area (Å²) in [7, 11) is 0. The van der Waals surface area contributed by atoms with Gasteiger partial charge < -0.3 is 10.8 Å². The summed E-state index contributed by atoms with van der Waals surface area (Å²) >= 11 is 0.